The summed E-state index contributed by atoms with van der Waals surface area (Å²) in [5.74, 6) is -0.329. The number of hydrogen-bond donors (Lipinski definition) is 4. The Hall–Kier alpha value is -1.71. The Morgan fingerprint density at radius 2 is 2.35 bits per heavy atom. The molecule has 2 rings (SSSR count). The standard InChI is InChI=1S/C11H16FN3O5/c1-5(17)13-7-2-3-15(11(19)14-7)10-8(12)9(18)6(4-16)20-10/h2-3,6-10,16,18H,4H2,1H3,(H,13,17)(H,14,19)/t6-,7?,8-,9-,10-/m1/s1. The largest absolute Gasteiger partial charge is 0.394 e. The van der Waals surface area contributed by atoms with Crippen LogP contribution in [0, 0.1) is 0 Å². The Morgan fingerprint density at radius 1 is 1.65 bits per heavy atom. The molecule has 0 radical (unpaired) electrons. The first kappa shape index (κ1) is 14.7. The first-order valence-corrected chi connectivity index (χ1v) is 6.06. The highest BCUT2D eigenvalue weighted by Gasteiger charge is 2.48. The minimum Gasteiger partial charge on any atom is -0.394 e. The van der Waals surface area contributed by atoms with Crippen LogP contribution in [-0.2, 0) is 9.53 Å². The third-order valence-electron chi connectivity index (χ3n) is 3.06. The van der Waals surface area contributed by atoms with E-state index in [1.54, 1.807) is 0 Å². The van der Waals surface area contributed by atoms with E-state index in [9.17, 15) is 19.1 Å². The van der Waals surface area contributed by atoms with Gasteiger partial charge in [0.1, 0.15) is 18.4 Å². The smallest absolute Gasteiger partial charge is 0.325 e. The van der Waals surface area contributed by atoms with Crippen molar-refractivity contribution in [2.45, 2.75) is 37.7 Å². The van der Waals surface area contributed by atoms with E-state index < -0.39 is 43.4 Å². The van der Waals surface area contributed by atoms with Crippen molar-refractivity contribution >= 4 is 11.9 Å². The molecule has 9 heteroatoms. The van der Waals surface area contributed by atoms with Crippen LogP contribution < -0.4 is 10.6 Å². The quantitative estimate of drug-likeness (QED) is 0.500. The van der Waals surface area contributed by atoms with Gasteiger partial charge in [0.2, 0.25) is 5.91 Å². The molecule has 0 aromatic heterocycles. The zero-order valence-corrected chi connectivity index (χ0v) is 10.7. The van der Waals surface area contributed by atoms with Gasteiger partial charge < -0.3 is 25.6 Å². The maximum absolute atomic E-state index is 13.9. The summed E-state index contributed by atoms with van der Waals surface area (Å²) in [6.45, 7) is 0.748. The second kappa shape index (κ2) is 5.73. The number of nitrogens with one attached hydrogen (secondary N) is 2. The molecule has 0 bridgehead atoms. The Bertz CT molecular complexity index is 432. The summed E-state index contributed by atoms with van der Waals surface area (Å²) in [6, 6.07) is -0.676. The van der Waals surface area contributed by atoms with E-state index in [2.05, 4.69) is 10.6 Å². The summed E-state index contributed by atoms with van der Waals surface area (Å²) < 4.78 is 19.0. The highest BCUT2D eigenvalue weighted by atomic mass is 19.1. The van der Waals surface area contributed by atoms with Gasteiger partial charge in [0.25, 0.3) is 0 Å². The Labute approximate surface area is 114 Å². The SMILES string of the molecule is CC(=O)NC1C=CN([C@@H]2O[C@H](CO)[C@@H](O)[C@H]2F)C(=O)N1. The number of aliphatic hydroxyl groups is 2. The number of hydrogen-bond acceptors (Lipinski definition) is 5. The zero-order chi connectivity index (χ0) is 14.9. The maximum atomic E-state index is 13.9. The van der Waals surface area contributed by atoms with E-state index in [1.807, 2.05) is 0 Å². The van der Waals surface area contributed by atoms with E-state index in [0.29, 0.717) is 0 Å². The number of rotatable bonds is 3. The van der Waals surface area contributed by atoms with E-state index in [1.165, 1.54) is 19.2 Å². The minimum absolute atomic E-state index is 0.329. The lowest BCUT2D eigenvalue weighted by molar-refractivity contribution is -0.119. The van der Waals surface area contributed by atoms with Crippen LogP contribution in [0.3, 0.4) is 0 Å². The lowest BCUT2D eigenvalue weighted by Crippen LogP contribution is -2.56. The Balaban J connectivity index is 2.07. The molecule has 0 aromatic carbocycles. The third-order valence-corrected chi connectivity index (χ3v) is 3.06. The second-order valence-corrected chi connectivity index (χ2v) is 4.56. The van der Waals surface area contributed by atoms with Crippen LogP contribution in [0.4, 0.5) is 9.18 Å². The minimum atomic E-state index is -1.83. The van der Waals surface area contributed by atoms with Crippen molar-refractivity contribution in [3.63, 3.8) is 0 Å². The van der Waals surface area contributed by atoms with E-state index in [0.717, 1.165) is 4.90 Å². The predicted molar refractivity (Wildman–Crippen MR) is 63.8 cm³/mol. The van der Waals surface area contributed by atoms with Gasteiger partial charge in [-0.1, -0.05) is 0 Å². The molecular formula is C11H16FN3O5. The lowest BCUT2D eigenvalue weighted by atomic mass is 10.1. The van der Waals surface area contributed by atoms with Crippen molar-refractivity contribution in [3.05, 3.63) is 12.3 Å². The molecule has 0 aromatic rings. The van der Waals surface area contributed by atoms with Crippen LogP contribution in [0.2, 0.25) is 0 Å². The first-order valence-electron chi connectivity index (χ1n) is 6.06. The summed E-state index contributed by atoms with van der Waals surface area (Å²) in [5.41, 5.74) is 0. The highest BCUT2D eigenvalue weighted by molar-refractivity contribution is 5.79. The number of ether oxygens (including phenoxy) is 1. The summed E-state index contributed by atoms with van der Waals surface area (Å²) in [6.07, 6.45) is -3.71. The van der Waals surface area contributed by atoms with Crippen LogP contribution in [0.25, 0.3) is 0 Å². The summed E-state index contributed by atoms with van der Waals surface area (Å²) in [4.78, 5) is 23.7. The van der Waals surface area contributed by atoms with Gasteiger partial charge in [-0.05, 0) is 6.08 Å². The van der Waals surface area contributed by atoms with Crippen molar-refractivity contribution in [2.75, 3.05) is 6.61 Å². The molecule has 1 saturated heterocycles. The fourth-order valence-electron chi connectivity index (χ4n) is 2.08. The van der Waals surface area contributed by atoms with Gasteiger partial charge in [0.05, 0.1) is 6.61 Å². The van der Waals surface area contributed by atoms with Gasteiger partial charge in [-0.2, -0.15) is 0 Å². The normalized spacial score (nSPS) is 36.9. The Kier molecular flexibility index (Phi) is 4.21. The number of urea groups is 1. The monoisotopic (exact) mass is 289 g/mol. The fraction of sp³-hybridized carbons (Fsp3) is 0.636. The van der Waals surface area contributed by atoms with Gasteiger partial charge in [-0.25, -0.2) is 9.18 Å². The maximum Gasteiger partial charge on any atom is 0.325 e. The first-order chi connectivity index (χ1) is 9.43. The molecule has 2 aliphatic heterocycles. The third kappa shape index (κ3) is 2.74. The summed E-state index contributed by atoms with van der Waals surface area (Å²) >= 11 is 0. The predicted octanol–water partition coefficient (Wildman–Crippen LogP) is -1.60. The average Bonchev–Trinajstić information content (AvgIpc) is 2.66. The molecule has 1 unspecified atom stereocenters. The van der Waals surface area contributed by atoms with Crippen molar-refractivity contribution < 1.29 is 28.9 Å². The lowest BCUT2D eigenvalue weighted by Gasteiger charge is -2.32. The average molecular weight is 289 g/mol. The molecule has 8 nitrogen and oxygen atoms in total. The number of carbonyl (C=O) groups excluding carboxylic acids is 2. The molecule has 0 saturated carbocycles. The van der Waals surface area contributed by atoms with Crippen LogP contribution >= 0.6 is 0 Å². The molecule has 0 aliphatic carbocycles. The molecule has 20 heavy (non-hydrogen) atoms. The molecule has 112 valence electrons. The molecule has 1 fully saturated rings. The number of alkyl halides is 1. The van der Waals surface area contributed by atoms with E-state index >= 15 is 0 Å². The van der Waals surface area contributed by atoms with Crippen molar-refractivity contribution in [2.24, 2.45) is 0 Å². The van der Waals surface area contributed by atoms with Crippen LogP contribution in [-0.4, -0.2) is 64.4 Å². The fourth-order valence-corrected chi connectivity index (χ4v) is 2.08. The number of halogens is 1. The van der Waals surface area contributed by atoms with Crippen molar-refractivity contribution in [1.29, 1.82) is 0 Å². The molecule has 5 atom stereocenters. The van der Waals surface area contributed by atoms with Gasteiger partial charge in [-0.3, -0.25) is 9.69 Å². The van der Waals surface area contributed by atoms with Gasteiger partial charge in [-0.15, -0.1) is 0 Å². The van der Waals surface area contributed by atoms with Crippen LogP contribution in [0.15, 0.2) is 12.3 Å². The van der Waals surface area contributed by atoms with Gasteiger partial charge in [0.15, 0.2) is 12.4 Å². The van der Waals surface area contributed by atoms with Crippen LogP contribution in [0.1, 0.15) is 6.92 Å². The Morgan fingerprint density at radius 3 is 2.85 bits per heavy atom. The molecule has 3 amide bonds. The zero-order valence-electron chi connectivity index (χ0n) is 10.7. The molecule has 2 aliphatic rings. The molecule has 2 heterocycles. The summed E-state index contributed by atoms with van der Waals surface area (Å²) in [7, 11) is 0. The summed E-state index contributed by atoms with van der Waals surface area (Å²) in [5, 5.41) is 23.3. The number of nitrogens with zero attached hydrogens (tertiary/aromatic N) is 1. The van der Waals surface area contributed by atoms with Gasteiger partial charge in [0, 0.05) is 13.1 Å². The highest BCUT2D eigenvalue weighted by Crippen LogP contribution is 2.27. The van der Waals surface area contributed by atoms with E-state index in [4.69, 9.17) is 9.84 Å². The molecule has 4 N–H and O–H groups in total. The van der Waals surface area contributed by atoms with Crippen molar-refractivity contribution in [3.8, 4) is 0 Å². The number of aliphatic hydroxyl groups excluding tert-OH is 2. The topological polar surface area (TPSA) is 111 Å². The molecular weight excluding hydrogens is 273 g/mol. The number of amides is 3. The second-order valence-electron chi connectivity index (χ2n) is 4.56. The van der Waals surface area contributed by atoms with Gasteiger partial charge >= 0.3 is 6.03 Å². The van der Waals surface area contributed by atoms with E-state index in [-0.39, 0.29) is 5.91 Å². The van der Waals surface area contributed by atoms with Crippen molar-refractivity contribution in [1.82, 2.24) is 15.5 Å². The molecule has 0 spiro atoms. The number of carbonyl (C=O) groups is 2. The van der Waals surface area contributed by atoms with Crippen LogP contribution in [0.5, 0.6) is 0 Å².